The van der Waals surface area contributed by atoms with Crippen LogP contribution < -0.4 is 10.2 Å². The van der Waals surface area contributed by atoms with Gasteiger partial charge >= 0.3 is 0 Å². The van der Waals surface area contributed by atoms with Crippen LogP contribution in [0, 0.1) is 0 Å². The lowest BCUT2D eigenvalue weighted by atomic mass is 9.98. The fraction of sp³-hybridized carbons (Fsp3) is 0.600. The number of halogens is 2. The van der Waals surface area contributed by atoms with E-state index in [1.165, 1.54) is 16.9 Å². The Morgan fingerprint density at radius 1 is 1.22 bits per heavy atom. The summed E-state index contributed by atoms with van der Waals surface area (Å²) in [6, 6.07) is 2.14. The lowest BCUT2D eigenvalue weighted by molar-refractivity contribution is 0.0860. The van der Waals surface area contributed by atoms with Crippen molar-refractivity contribution in [3.8, 4) is 0 Å². The molecule has 3 aromatic heterocycles. The van der Waals surface area contributed by atoms with Crippen LogP contribution in [0.3, 0.4) is 0 Å². The number of carbonyl (C=O) groups excluding carboxylic acids is 1. The highest BCUT2D eigenvalue weighted by Crippen LogP contribution is 2.33. The molecule has 198 valence electrons. The van der Waals surface area contributed by atoms with Gasteiger partial charge in [0.25, 0.3) is 12.3 Å². The molecule has 2 atom stereocenters. The minimum absolute atomic E-state index is 0.00252. The molecule has 0 unspecified atom stereocenters. The number of ether oxygens (including phenoxy) is 1. The standard InChI is InChI=1S/C25H32F2N8O2/c1-25(2,3)32-7-4-15(5-8-32)35-13-19(21(31-35)22(26)27)29-24(36)18-11-28-34-9-6-20(30-23(18)34)33-12-17-10-16(33)14-37-17/h6,9,11,13,15-17,22H,4-5,7-8,10,12,14H2,1-3H3,(H,29,36)/t16-,17-/m1/s1. The Labute approximate surface area is 213 Å². The normalized spacial score (nSPS) is 23.0. The van der Waals surface area contributed by atoms with E-state index in [0.29, 0.717) is 12.3 Å². The number of hydrogen-bond donors (Lipinski definition) is 1. The van der Waals surface area contributed by atoms with Gasteiger partial charge in [-0.15, -0.1) is 0 Å². The second kappa shape index (κ2) is 9.02. The quantitative estimate of drug-likeness (QED) is 0.557. The minimum atomic E-state index is -2.81. The number of nitrogens with one attached hydrogen (secondary N) is 1. The van der Waals surface area contributed by atoms with Crippen molar-refractivity contribution in [3.05, 3.63) is 35.9 Å². The molecule has 0 spiro atoms. The molecule has 0 aromatic carbocycles. The molecule has 10 nitrogen and oxygen atoms in total. The Balaban J connectivity index is 1.22. The van der Waals surface area contributed by atoms with Crippen molar-refractivity contribution in [2.24, 2.45) is 0 Å². The van der Waals surface area contributed by atoms with Crippen LogP contribution in [0.25, 0.3) is 5.65 Å². The van der Waals surface area contributed by atoms with Gasteiger partial charge in [-0.3, -0.25) is 14.4 Å². The Morgan fingerprint density at radius 2 is 2.00 bits per heavy atom. The first kappa shape index (κ1) is 24.2. The number of carbonyl (C=O) groups is 1. The van der Waals surface area contributed by atoms with Crippen LogP contribution in [-0.2, 0) is 4.74 Å². The number of rotatable bonds is 5. The van der Waals surface area contributed by atoms with E-state index < -0.39 is 18.0 Å². The van der Waals surface area contributed by atoms with Crippen LogP contribution >= 0.6 is 0 Å². The van der Waals surface area contributed by atoms with E-state index in [2.05, 4.69) is 46.1 Å². The predicted molar refractivity (Wildman–Crippen MR) is 133 cm³/mol. The smallest absolute Gasteiger partial charge is 0.284 e. The van der Waals surface area contributed by atoms with Gasteiger partial charge in [-0.1, -0.05) is 0 Å². The highest BCUT2D eigenvalue weighted by molar-refractivity contribution is 6.08. The Bertz CT molecular complexity index is 1310. The van der Waals surface area contributed by atoms with Gasteiger partial charge in [0.05, 0.1) is 36.7 Å². The van der Waals surface area contributed by atoms with Gasteiger partial charge in [-0.2, -0.15) is 10.2 Å². The first-order chi connectivity index (χ1) is 17.7. The highest BCUT2D eigenvalue weighted by atomic mass is 19.3. The number of morpholine rings is 1. The first-order valence-electron chi connectivity index (χ1n) is 12.8. The molecule has 6 rings (SSSR count). The van der Waals surface area contributed by atoms with Gasteiger partial charge in [-0.25, -0.2) is 18.3 Å². The van der Waals surface area contributed by atoms with Crippen LogP contribution in [-0.4, -0.2) is 79.1 Å². The molecular formula is C25H32F2N8O2. The fourth-order valence-corrected chi connectivity index (χ4v) is 5.70. The second-order valence-corrected chi connectivity index (χ2v) is 11.2. The van der Waals surface area contributed by atoms with Crippen molar-refractivity contribution in [1.29, 1.82) is 0 Å². The summed E-state index contributed by atoms with van der Waals surface area (Å²) < 4.78 is 36.6. The molecule has 1 amide bonds. The van der Waals surface area contributed by atoms with Crippen molar-refractivity contribution < 1.29 is 18.3 Å². The molecule has 0 radical (unpaired) electrons. The summed E-state index contributed by atoms with van der Waals surface area (Å²) >= 11 is 0. The van der Waals surface area contributed by atoms with E-state index in [1.807, 2.05) is 6.07 Å². The van der Waals surface area contributed by atoms with Gasteiger partial charge in [-0.05, 0) is 46.1 Å². The van der Waals surface area contributed by atoms with E-state index in [9.17, 15) is 13.6 Å². The van der Waals surface area contributed by atoms with Crippen LogP contribution in [0.15, 0.2) is 24.7 Å². The molecule has 3 aliphatic rings. The maximum absolute atomic E-state index is 13.9. The number of likely N-dealkylation sites (tertiary alicyclic amines) is 1. The summed E-state index contributed by atoms with van der Waals surface area (Å²) in [5.74, 6) is 0.204. The number of nitrogens with zero attached hydrogens (tertiary/aromatic N) is 7. The number of alkyl halides is 2. The van der Waals surface area contributed by atoms with E-state index in [1.54, 1.807) is 10.9 Å². The largest absolute Gasteiger partial charge is 0.374 e. The molecule has 1 N–H and O–H groups in total. The zero-order chi connectivity index (χ0) is 25.9. The second-order valence-electron chi connectivity index (χ2n) is 11.2. The monoisotopic (exact) mass is 514 g/mol. The summed E-state index contributed by atoms with van der Waals surface area (Å²) in [5, 5.41) is 11.1. The minimum Gasteiger partial charge on any atom is -0.374 e. The summed E-state index contributed by atoms with van der Waals surface area (Å²) in [6.07, 6.45) is 4.67. The molecule has 3 aliphatic heterocycles. The van der Waals surface area contributed by atoms with Crippen molar-refractivity contribution in [2.45, 2.75) is 70.2 Å². The Hall–Kier alpha value is -3.12. The molecule has 3 fully saturated rings. The van der Waals surface area contributed by atoms with Crippen molar-refractivity contribution >= 4 is 23.1 Å². The van der Waals surface area contributed by atoms with Gasteiger partial charge < -0.3 is 15.0 Å². The van der Waals surface area contributed by atoms with Crippen LogP contribution in [0.4, 0.5) is 20.3 Å². The molecule has 0 aliphatic carbocycles. The zero-order valence-corrected chi connectivity index (χ0v) is 21.3. The van der Waals surface area contributed by atoms with Gasteiger partial charge in [0, 0.05) is 37.6 Å². The molecule has 3 saturated heterocycles. The number of fused-ring (bicyclic) bond motifs is 3. The van der Waals surface area contributed by atoms with E-state index in [0.717, 1.165) is 44.7 Å². The lowest BCUT2D eigenvalue weighted by Crippen LogP contribution is -2.46. The molecule has 2 bridgehead atoms. The Kier molecular flexibility index (Phi) is 5.90. The third-order valence-electron chi connectivity index (χ3n) is 7.80. The van der Waals surface area contributed by atoms with Gasteiger partial charge in [0.1, 0.15) is 11.4 Å². The molecule has 0 saturated carbocycles. The SMILES string of the molecule is CC(C)(C)N1CCC(n2cc(NC(=O)c3cnn4ccc(N5C[C@H]6C[C@@H]5CO6)nc34)c(C(F)F)n2)CC1. The number of piperidine rings is 1. The number of amides is 1. The summed E-state index contributed by atoms with van der Waals surface area (Å²) in [4.78, 5) is 22.5. The first-order valence-corrected chi connectivity index (χ1v) is 12.8. The molecule has 37 heavy (non-hydrogen) atoms. The average Bonchev–Trinajstić information content (AvgIpc) is 3.66. The third-order valence-corrected chi connectivity index (χ3v) is 7.80. The molecule has 3 aromatic rings. The van der Waals surface area contributed by atoms with Crippen molar-refractivity contribution in [2.75, 3.05) is 36.5 Å². The van der Waals surface area contributed by atoms with Crippen molar-refractivity contribution in [1.82, 2.24) is 29.3 Å². The lowest BCUT2D eigenvalue weighted by Gasteiger charge is -2.40. The topological polar surface area (TPSA) is 92.8 Å². The molecule has 12 heteroatoms. The molecular weight excluding hydrogens is 482 g/mol. The van der Waals surface area contributed by atoms with Crippen molar-refractivity contribution in [3.63, 3.8) is 0 Å². The highest BCUT2D eigenvalue weighted by Gasteiger charge is 2.40. The summed E-state index contributed by atoms with van der Waals surface area (Å²) in [6.45, 7) is 9.67. The third kappa shape index (κ3) is 4.46. The number of anilines is 2. The number of aromatic nitrogens is 5. The van der Waals surface area contributed by atoms with Crippen LogP contribution in [0.1, 0.15) is 68.6 Å². The van der Waals surface area contributed by atoms with E-state index in [4.69, 9.17) is 9.72 Å². The van der Waals surface area contributed by atoms with Gasteiger partial charge in [0.15, 0.2) is 11.3 Å². The summed E-state index contributed by atoms with van der Waals surface area (Å²) in [5.41, 5.74) is 0.243. The summed E-state index contributed by atoms with van der Waals surface area (Å²) in [7, 11) is 0. The number of hydrogen-bond acceptors (Lipinski definition) is 7. The van der Waals surface area contributed by atoms with Crippen LogP contribution in [0.2, 0.25) is 0 Å². The van der Waals surface area contributed by atoms with E-state index >= 15 is 0 Å². The van der Waals surface area contributed by atoms with Gasteiger partial charge in [0.2, 0.25) is 0 Å². The average molecular weight is 515 g/mol. The fourth-order valence-electron chi connectivity index (χ4n) is 5.70. The zero-order valence-electron chi connectivity index (χ0n) is 21.3. The Morgan fingerprint density at radius 3 is 2.65 bits per heavy atom. The maximum atomic E-state index is 13.9. The maximum Gasteiger partial charge on any atom is 0.284 e. The molecule has 6 heterocycles. The predicted octanol–water partition coefficient (Wildman–Crippen LogP) is 3.53. The van der Waals surface area contributed by atoms with E-state index in [-0.39, 0.29) is 35.0 Å². The van der Waals surface area contributed by atoms with Crippen LogP contribution in [0.5, 0.6) is 0 Å².